The highest BCUT2D eigenvalue weighted by molar-refractivity contribution is 7.92. The summed E-state index contributed by atoms with van der Waals surface area (Å²) in [6, 6.07) is 17.4. The van der Waals surface area contributed by atoms with E-state index in [-0.39, 0.29) is 23.1 Å². The van der Waals surface area contributed by atoms with E-state index >= 15 is 0 Å². The molecule has 0 aliphatic heterocycles. The SMILES string of the molecule is COc1cccc(NC(=O)COc2ccc(S(=O)(=O)Nc3ccc(F)cc3)cc2)c1. The zero-order valence-electron chi connectivity index (χ0n) is 16.0. The molecule has 7 nitrogen and oxygen atoms in total. The lowest BCUT2D eigenvalue weighted by atomic mass is 10.3. The van der Waals surface area contributed by atoms with Gasteiger partial charge in [-0.25, -0.2) is 12.8 Å². The summed E-state index contributed by atoms with van der Waals surface area (Å²) in [4.78, 5) is 12.0. The highest BCUT2D eigenvalue weighted by atomic mass is 32.2. The van der Waals surface area contributed by atoms with Gasteiger partial charge in [0.2, 0.25) is 0 Å². The standard InChI is InChI=1S/C21H19FN2O5S/c1-28-19-4-2-3-17(13-19)23-21(25)14-29-18-9-11-20(12-10-18)30(26,27)24-16-7-5-15(22)6-8-16/h2-13,24H,14H2,1H3,(H,23,25). The van der Waals surface area contributed by atoms with Crippen LogP contribution >= 0.6 is 0 Å². The molecule has 0 aliphatic carbocycles. The van der Waals surface area contributed by atoms with Crippen LogP contribution in [0.3, 0.4) is 0 Å². The van der Waals surface area contributed by atoms with E-state index in [4.69, 9.17) is 9.47 Å². The van der Waals surface area contributed by atoms with Crippen LogP contribution in [0.2, 0.25) is 0 Å². The fraction of sp³-hybridized carbons (Fsp3) is 0.0952. The molecular weight excluding hydrogens is 411 g/mol. The minimum Gasteiger partial charge on any atom is -0.497 e. The van der Waals surface area contributed by atoms with Gasteiger partial charge < -0.3 is 14.8 Å². The average molecular weight is 430 g/mol. The Morgan fingerprint density at radius 3 is 2.30 bits per heavy atom. The number of rotatable bonds is 8. The second kappa shape index (κ2) is 9.27. The Bertz CT molecular complexity index is 1120. The second-order valence-corrected chi connectivity index (χ2v) is 7.84. The van der Waals surface area contributed by atoms with Gasteiger partial charge in [-0.05, 0) is 60.7 Å². The molecule has 0 spiro atoms. The van der Waals surface area contributed by atoms with Crippen LogP contribution in [0.5, 0.6) is 11.5 Å². The van der Waals surface area contributed by atoms with Gasteiger partial charge in [0.25, 0.3) is 15.9 Å². The van der Waals surface area contributed by atoms with Gasteiger partial charge >= 0.3 is 0 Å². The lowest BCUT2D eigenvalue weighted by Crippen LogP contribution is -2.20. The number of carbonyl (C=O) groups excluding carboxylic acids is 1. The molecule has 0 bridgehead atoms. The molecule has 3 aromatic carbocycles. The molecule has 0 unspecified atom stereocenters. The van der Waals surface area contributed by atoms with Crippen LogP contribution in [0.4, 0.5) is 15.8 Å². The van der Waals surface area contributed by atoms with E-state index in [1.165, 1.54) is 43.5 Å². The third-order valence-electron chi connectivity index (χ3n) is 3.95. The molecule has 0 aliphatic rings. The maximum Gasteiger partial charge on any atom is 0.262 e. The number of methoxy groups -OCH3 is 1. The van der Waals surface area contributed by atoms with Crippen molar-refractivity contribution in [2.45, 2.75) is 4.90 Å². The van der Waals surface area contributed by atoms with Crippen LogP contribution in [-0.4, -0.2) is 28.0 Å². The zero-order valence-corrected chi connectivity index (χ0v) is 16.8. The first-order valence-corrected chi connectivity index (χ1v) is 10.3. The molecule has 0 fully saturated rings. The number of anilines is 2. The molecule has 0 aromatic heterocycles. The molecule has 156 valence electrons. The molecule has 9 heteroatoms. The number of amides is 1. The van der Waals surface area contributed by atoms with E-state index in [1.807, 2.05) is 0 Å². The van der Waals surface area contributed by atoms with E-state index < -0.39 is 15.8 Å². The number of hydrogen-bond donors (Lipinski definition) is 2. The fourth-order valence-corrected chi connectivity index (χ4v) is 3.55. The lowest BCUT2D eigenvalue weighted by Gasteiger charge is -2.10. The van der Waals surface area contributed by atoms with Gasteiger partial charge in [0.05, 0.1) is 12.0 Å². The summed E-state index contributed by atoms with van der Waals surface area (Å²) in [5, 5.41) is 2.68. The van der Waals surface area contributed by atoms with Crippen LogP contribution in [-0.2, 0) is 14.8 Å². The minimum atomic E-state index is -3.84. The zero-order chi connectivity index (χ0) is 21.6. The van der Waals surface area contributed by atoms with Crippen LogP contribution in [0, 0.1) is 5.82 Å². The van der Waals surface area contributed by atoms with Crippen LogP contribution < -0.4 is 19.5 Å². The molecule has 0 saturated heterocycles. The smallest absolute Gasteiger partial charge is 0.262 e. The minimum absolute atomic E-state index is 0.00000659. The number of carbonyl (C=O) groups is 1. The summed E-state index contributed by atoms with van der Waals surface area (Å²) < 4.78 is 50.6. The van der Waals surface area contributed by atoms with Crippen molar-refractivity contribution < 1.29 is 27.1 Å². The molecule has 0 radical (unpaired) electrons. The number of ether oxygens (including phenoxy) is 2. The largest absolute Gasteiger partial charge is 0.497 e. The molecule has 3 rings (SSSR count). The Labute approximate surface area is 173 Å². The summed E-state index contributed by atoms with van der Waals surface area (Å²) in [5.41, 5.74) is 0.808. The third kappa shape index (κ3) is 5.71. The topological polar surface area (TPSA) is 93.7 Å². The quantitative estimate of drug-likeness (QED) is 0.569. The summed E-state index contributed by atoms with van der Waals surface area (Å²) in [6.45, 7) is -0.253. The summed E-state index contributed by atoms with van der Waals surface area (Å²) >= 11 is 0. The number of sulfonamides is 1. The highest BCUT2D eigenvalue weighted by Gasteiger charge is 2.14. The first-order chi connectivity index (χ1) is 14.4. The highest BCUT2D eigenvalue weighted by Crippen LogP contribution is 2.20. The number of benzene rings is 3. The summed E-state index contributed by atoms with van der Waals surface area (Å²) in [6.07, 6.45) is 0. The van der Waals surface area contributed by atoms with Gasteiger partial charge in [0, 0.05) is 17.4 Å². The van der Waals surface area contributed by atoms with Gasteiger partial charge in [-0.2, -0.15) is 0 Å². The van der Waals surface area contributed by atoms with E-state index in [0.29, 0.717) is 17.2 Å². The van der Waals surface area contributed by atoms with Gasteiger partial charge in [-0.3, -0.25) is 9.52 Å². The van der Waals surface area contributed by atoms with E-state index in [9.17, 15) is 17.6 Å². The lowest BCUT2D eigenvalue weighted by molar-refractivity contribution is -0.118. The molecular formula is C21H19FN2O5S. The van der Waals surface area contributed by atoms with Crippen molar-refractivity contribution in [3.63, 3.8) is 0 Å². The van der Waals surface area contributed by atoms with Gasteiger partial charge in [-0.15, -0.1) is 0 Å². The Hall–Kier alpha value is -3.59. The second-order valence-electron chi connectivity index (χ2n) is 6.15. The van der Waals surface area contributed by atoms with Crippen LogP contribution in [0.25, 0.3) is 0 Å². The van der Waals surface area contributed by atoms with Crippen molar-refractivity contribution in [3.05, 3.63) is 78.6 Å². The molecule has 2 N–H and O–H groups in total. The normalized spacial score (nSPS) is 10.9. The van der Waals surface area contributed by atoms with Crippen molar-refractivity contribution in [1.29, 1.82) is 0 Å². The van der Waals surface area contributed by atoms with Crippen molar-refractivity contribution in [2.75, 3.05) is 23.8 Å². The third-order valence-corrected chi connectivity index (χ3v) is 5.35. The fourth-order valence-electron chi connectivity index (χ4n) is 2.49. The van der Waals surface area contributed by atoms with Gasteiger partial charge in [0.1, 0.15) is 17.3 Å². The maximum atomic E-state index is 12.9. The molecule has 0 atom stereocenters. The monoisotopic (exact) mass is 430 g/mol. The van der Waals surface area contributed by atoms with Gasteiger partial charge in [-0.1, -0.05) is 6.07 Å². The van der Waals surface area contributed by atoms with Gasteiger partial charge in [0.15, 0.2) is 6.61 Å². The van der Waals surface area contributed by atoms with E-state index in [1.54, 1.807) is 24.3 Å². The van der Waals surface area contributed by atoms with Crippen molar-refractivity contribution in [2.24, 2.45) is 0 Å². The maximum absolute atomic E-state index is 12.9. The molecule has 0 heterocycles. The number of halogens is 1. The Kier molecular flexibility index (Phi) is 6.53. The molecule has 1 amide bonds. The Morgan fingerprint density at radius 2 is 1.63 bits per heavy atom. The number of hydrogen-bond acceptors (Lipinski definition) is 5. The number of nitrogens with one attached hydrogen (secondary N) is 2. The van der Waals surface area contributed by atoms with Crippen molar-refractivity contribution >= 4 is 27.3 Å². The van der Waals surface area contributed by atoms with E-state index in [0.717, 1.165) is 12.1 Å². The predicted molar refractivity (Wildman–Crippen MR) is 111 cm³/mol. The molecule has 3 aromatic rings. The Morgan fingerprint density at radius 1 is 0.933 bits per heavy atom. The summed E-state index contributed by atoms with van der Waals surface area (Å²) in [5.74, 6) is 0.101. The van der Waals surface area contributed by atoms with Crippen LogP contribution in [0.1, 0.15) is 0 Å². The van der Waals surface area contributed by atoms with E-state index in [2.05, 4.69) is 10.0 Å². The van der Waals surface area contributed by atoms with Crippen molar-refractivity contribution in [3.8, 4) is 11.5 Å². The predicted octanol–water partition coefficient (Wildman–Crippen LogP) is 3.65. The average Bonchev–Trinajstić information content (AvgIpc) is 2.74. The Balaban J connectivity index is 1.57. The van der Waals surface area contributed by atoms with Crippen LogP contribution in [0.15, 0.2) is 77.7 Å². The molecule has 30 heavy (non-hydrogen) atoms. The van der Waals surface area contributed by atoms with Crippen molar-refractivity contribution in [1.82, 2.24) is 0 Å². The first kappa shape index (κ1) is 21.1. The first-order valence-electron chi connectivity index (χ1n) is 8.81. The summed E-state index contributed by atoms with van der Waals surface area (Å²) in [7, 11) is -2.31. The molecule has 0 saturated carbocycles.